The number of rotatable bonds is 3. The predicted octanol–water partition coefficient (Wildman–Crippen LogP) is 3.15. The lowest BCUT2D eigenvalue weighted by Crippen LogP contribution is -2.49. The molecule has 0 radical (unpaired) electrons. The Labute approximate surface area is 153 Å². The third kappa shape index (κ3) is 2.90. The minimum atomic E-state index is 0.109. The second-order valence-corrected chi connectivity index (χ2v) is 6.62. The molecule has 0 spiro atoms. The first-order valence-corrected chi connectivity index (χ1v) is 8.90. The van der Waals surface area contributed by atoms with E-state index in [-0.39, 0.29) is 5.91 Å². The van der Waals surface area contributed by atoms with E-state index in [4.69, 9.17) is 4.74 Å². The SMILES string of the molecule is COc1ccc(N2CCN(C(=O)c3cc4ccccc4n3C)CC2)cc1. The fourth-order valence-electron chi connectivity index (χ4n) is 3.62. The van der Waals surface area contributed by atoms with Crippen LogP contribution in [-0.2, 0) is 7.05 Å². The topological polar surface area (TPSA) is 37.7 Å². The number of para-hydroxylation sites is 1. The van der Waals surface area contributed by atoms with Gasteiger partial charge in [-0.2, -0.15) is 0 Å². The van der Waals surface area contributed by atoms with Gasteiger partial charge in [0.2, 0.25) is 0 Å². The zero-order valence-electron chi connectivity index (χ0n) is 15.2. The van der Waals surface area contributed by atoms with Crippen LogP contribution in [0.25, 0.3) is 10.9 Å². The van der Waals surface area contributed by atoms with Crippen LogP contribution in [0.1, 0.15) is 10.5 Å². The fourth-order valence-corrected chi connectivity index (χ4v) is 3.62. The van der Waals surface area contributed by atoms with Crippen molar-refractivity contribution in [2.24, 2.45) is 7.05 Å². The van der Waals surface area contributed by atoms with Gasteiger partial charge in [-0.05, 0) is 36.4 Å². The number of fused-ring (bicyclic) bond motifs is 1. The summed E-state index contributed by atoms with van der Waals surface area (Å²) < 4.78 is 7.21. The Morgan fingerprint density at radius 1 is 0.962 bits per heavy atom. The molecule has 1 aliphatic heterocycles. The third-order valence-corrected chi connectivity index (χ3v) is 5.18. The largest absolute Gasteiger partial charge is 0.497 e. The molecule has 0 bridgehead atoms. The molecule has 1 aromatic heterocycles. The Bertz CT molecular complexity index is 922. The van der Waals surface area contributed by atoms with Crippen molar-refractivity contribution in [2.45, 2.75) is 0 Å². The van der Waals surface area contributed by atoms with Crippen LogP contribution < -0.4 is 9.64 Å². The Kier molecular flexibility index (Phi) is 4.29. The lowest BCUT2D eigenvalue weighted by molar-refractivity contribution is 0.0737. The van der Waals surface area contributed by atoms with Gasteiger partial charge in [-0.25, -0.2) is 0 Å². The summed E-state index contributed by atoms with van der Waals surface area (Å²) in [6, 6.07) is 18.2. The second kappa shape index (κ2) is 6.75. The van der Waals surface area contributed by atoms with Gasteiger partial charge in [-0.15, -0.1) is 0 Å². The maximum Gasteiger partial charge on any atom is 0.270 e. The van der Waals surface area contributed by atoms with Crippen molar-refractivity contribution in [3.8, 4) is 5.75 Å². The number of ether oxygens (including phenoxy) is 1. The molecule has 2 heterocycles. The fraction of sp³-hybridized carbons (Fsp3) is 0.286. The Hall–Kier alpha value is -2.95. The van der Waals surface area contributed by atoms with Crippen LogP contribution in [0.15, 0.2) is 54.6 Å². The molecule has 134 valence electrons. The van der Waals surface area contributed by atoms with Crippen LogP contribution in [0.3, 0.4) is 0 Å². The molecule has 1 aliphatic rings. The molecule has 0 unspecified atom stereocenters. The molecule has 0 N–H and O–H groups in total. The molecule has 5 nitrogen and oxygen atoms in total. The first-order valence-electron chi connectivity index (χ1n) is 8.90. The van der Waals surface area contributed by atoms with Crippen molar-refractivity contribution in [3.63, 3.8) is 0 Å². The number of hydrogen-bond donors (Lipinski definition) is 0. The minimum Gasteiger partial charge on any atom is -0.497 e. The van der Waals surface area contributed by atoms with Gasteiger partial charge in [0.15, 0.2) is 0 Å². The van der Waals surface area contributed by atoms with Crippen molar-refractivity contribution in [1.29, 1.82) is 0 Å². The quantitative estimate of drug-likeness (QED) is 0.729. The smallest absolute Gasteiger partial charge is 0.270 e. The monoisotopic (exact) mass is 349 g/mol. The molecular formula is C21H23N3O2. The average molecular weight is 349 g/mol. The standard InChI is InChI=1S/C21H23N3O2/c1-22-19-6-4-3-5-16(19)15-20(22)21(25)24-13-11-23(12-14-24)17-7-9-18(26-2)10-8-17/h3-10,15H,11-14H2,1-2H3. The van der Waals surface area contributed by atoms with Crippen LogP contribution in [0.5, 0.6) is 5.75 Å². The van der Waals surface area contributed by atoms with E-state index >= 15 is 0 Å². The van der Waals surface area contributed by atoms with Gasteiger partial charge < -0.3 is 19.1 Å². The summed E-state index contributed by atoms with van der Waals surface area (Å²) in [7, 11) is 3.63. The molecule has 26 heavy (non-hydrogen) atoms. The number of anilines is 1. The maximum atomic E-state index is 13.0. The number of methoxy groups -OCH3 is 1. The lowest BCUT2D eigenvalue weighted by atomic mass is 10.2. The lowest BCUT2D eigenvalue weighted by Gasteiger charge is -2.36. The highest BCUT2D eigenvalue weighted by Gasteiger charge is 2.24. The Morgan fingerprint density at radius 2 is 1.65 bits per heavy atom. The Balaban J connectivity index is 1.46. The van der Waals surface area contributed by atoms with E-state index in [1.165, 1.54) is 5.69 Å². The van der Waals surface area contributed by atoms with Gasteiger partial charge in [0.05, 0.1) is 7.11 Å². The number of carbonyl (C=O) groups is 1. The number of aryl methyl sites for hydroxylation is 1. The highest BCUT2D eigenvalue weighted by Crippen LogP contribution is 2.23. The number of hydrogen-bond acceptors (Lipinski definition) is 3. The highest BCUT2D eigenvalue weighted by atomic mass is 16.5. The first kappa shape index (κ1) is 16.5. The number of nitrogens with zero attached hydrogens (tertiary/aromatic N) is 3. The normalized spacial score (nSPS) is 14.7. The van der Waals surface area contributed by atoms with E-state index in [9.17, 15) is 4.79 Å². The van der Waals surface area contributed by atoms with E-state index in [0.29, 0.717) is 0 Å². The maximum absolute atomic E-state index is 13.0. The third-order valence-electron chi connectivity index (χ3n) is 5.18. The predicted molar refractivity (Wildman–Crippen MR) is 104 cm³/mol. The molecule has 3 aromatic rings. The Morgan fingerprint density at radius 3 is 2.31 bits per heavy atom. The molecule has 0 aliphatic carbocycles. The van der Waals surface area contributed by atoms with Crippen molar-refractivity contribution >= 4 is 22.5 Å². The summed E-state index contributed by atoms with van der Waals surface area (Å²) in [6.07, 6.45) is 0. The summed E-state index contributed by atoms with van der Waals surface area (Å²) in [5.41, 5.74) is 3.01. The molecule has 1 saturated heterocycles. The highest BCUT2D eigenvalue weighted by molar-refractivity contribution is 5.98. The molecule has 2 aromatic carbocycles. The minimum absolute atomic E-state index is 0.109. The molecule has 5 heteroatoms. The summed E-state index contributed by atoms with van der Waals surface area (Å²) in [6.45, 7) is 3.13. The van der Waals surface area contributed by atoms with Gasteiger partial charge in [0.25, 0.3) is 5.91 Å². The van der Waals surface area contributed by atoms with E-state index < -0.39 is 0 Å². The number of benzene rings is 2. The first-order chi connectivity index (χ1) is 12.7. The van der Waals surface area contributed by atoms with E-state index in [0.717, 1.165) is 48.5 Å². The van der Waals surface area contributed by atoms with E-state index in [1.807, 2.05) is 59.0 Å². The van der Waals surface area contributed by atoms with Crippen LogP contribution in [0.2, 0.25) is 0 Å². The van der Waals surface area contributed by atoms with Crippen molar-refractivity contribution < 1.29 is 9.53 Å². The van der Waals surface area contributed by atoms with Crippen LogP contribution in [0.4, 0.5) is 5.69 Å². The number of piperazine rings is 1. The van der Waals surface area contributed by atoms with Crippen molar-refractivity contribution in [2.75, 3.05) is 38.2 Å². The molecular weight excluding hydrogens is 326 g/mol. The average Bonchev–Trinajstić information content (AvgIpc) is 3.04. The summed E-state index contributed by atoms with van der Waals surface area (Å²) in [5, 5.41) is 1.11. The van der Waals surface area contributed by atoms with Gasteiger partial charge in [0.1, 0.15) is 11.4 Å². The molecule has 0 saturated carbocycles. The van der Waals surface area contributed by atoms with Crippen LogP contribution in [-0.4, -0.2) is 48.7 Å². The molecule has 4 rings (SSSR count). The van der Waals surface area contributed by atoms with E-state index in [1.54, 1.807) is 7.11 Å². The van der Waals surface area contributed by atoms with Gasteiger partial charge in [-0.1, -0.05) is 18.2 Å². The summed E-state index contributed by atoms with van der Waals surface area (Å²) in [4.78, 5) is 17.2. The zero-order chi connectivity index (χ0) is 18.1. The molecule has 0 atom stereocenters. The second-order valence-electron chi connectivity index (χ2n) is 6.62. The van der Waals surface area contributed by atoms with Crippen LogP contribution >= 0.6 is 0 Å². The van der Waals surface area contributed by atoms with Crippen molar-refractivity contribution in [3.05, 3.63) is 60.3 Å². The molecule has 1 fully saturated rings. The van der Waals surface area contributed by atoms with Gasteiger partial charge in [-0.3, -0.25) is 4.79 Å². The number of carbonyl (C=O) groups excluding carboxylic acids is 1. The zero-order valence-corrected chi connectivity index (χ0v) is 15.2. The van der Waals surface area contributed by atoms with Crippen molar-refractivity contribution in [1.82, 2.24) is 9.47 Å². The summed E-state index contributed by atoms with van der Waals surface area (Å²) in [5.74, 6) is 0.969. The molecule has 1 amide bonds. The number of amides is 1. The van der Waals surface area contributed by atoms with E-state index in [2.05, 4.69) is 17.0 Å². The number of aromatic nitrogens is 1. The summed E-state index contributed by atoms with van der Waals surface area (Å²) >= 11 is 0. The van der Waals surface area contributed by atoms with Crippen LogP contribution in [0, 0.1) is 0 Å². The van der Waals surface area contributed by atoms with Gasteiger partial charge in [0, 0.05) is 49.8 Å². The van der Waals surface area contributed by atoms with Gasteiger partial charge >= 0.3 is 0 Å².